The minimum absolute atomic E-state index is 0.0439. The highest BCUT2D eigenvalue weighted by molar-refractivity contribution is 6.31. The Bertz CT molecular complexity index is 450. The summed E-state index contributed by atoms with van der Waals surface area (Å²) >= 11 is 5.73. The molecule has 92 valence electrons. The van der Waals surface area contributed by atoms with Crippen LogP contribution in [0.1, 0.15) is 10.5 Å². The van der Waals surface area contributed by atoms with Crippen LogP contribution in [0.5, 0.6) is 0 Å². The topological polar surface area (TPSA) is 141 Å². The molecule has 9 nitrogen and oxygen atoms in total. The molecule has 0 amide bonds. The summed E-state index contributed by atoms with van der Waals surface area (Å²) in [6.07, 6.45) is 1.19. The Hall–Kier alpha value is -2.29. The second-order valence-electron chi connectivity index (χ2n) is 2.65. The van der Waals surface area contributed by atoms with Gasteiger partial charge in [-0.25, -0.2) is 14.8 Å². The highest BCUT2D eigenvalue weighted by atomic mass is 35.5. The molecule has 0 spiro atoms. The van der Waals surface area contributed by atoms with Gasteiger partial charge < -0.3 is 21.7 Å². The van der Waals surface area contributed by atoms with E-state index in [9.17, 15) is 4.79 Å². The summed E-state index contributed by atoms with van der Waals surface area (Å²) in [6.45, 7) is 0. The van der Waals surface area contributed by atoms with Crippen molar-refractivity contribution in [1.29, 1.82) is 0 Å². The van der Waals surface area contributed by atoms with E-state index in [1.807, 2.05) is 5.48 Å². The average Bonchev–Trinajstić information content (AvgIpc) is 2.35. The number of carbonyl (C=O) groups excluding carboxylic acids is 1. The van der Waals surface area contributed by atoms with E-state index in [0.29, 0.717) is 5.82 Å². The van der Waals surface area contributed by atoms with Gasteiger partial charge >= 0.3 is 5.97 Å². The summed E-state index contributed by atoms with van der Waals surface area (Å²) in [5.74, 6) is 4.07. The second kappa shape index (κ2) is 5.70. The predicted octanol–water partition coefficient (Wildman–Crippen LogP) is -0.978. The molecule has 0 aliphatic carbocycles. The number of nitrogens with zero attached hydrogens (tertiary/aromatic N) is 3. The van der Waals surface area contributed by atoms with Crippen LogP contribution in [0, 0.1) is 0 Å². The van der Waals surface area contributed by atoms with Crippen LogP contribution >= 0.6 is 11.6 Å². The number of rotatable bonds is 2. The number of nitrogens with two attached hydrogens (primary N) is 2. The van der Waals surface area contributed by atoms with Gasteiger partial charge in [-0.3, -0.25) is 0 Å². The van der Waals surface area contributed by atoms with E-state index in [0.717, 1.165) is 0 Å². The molecule has 0 radical (unpaired) electrons. The van der Waals surface area contributed by atoms with Crippen LogP contribution in [0.15, 0.2) is 11.3 Å². The second-order valence-corrected chi connectivity index (χ2v) is 3.01. The summed E-state index contributed by atoms with van der Waals surface area (Å²) in [4.78, 5) is 23.5. The molecular formula is C7H10ClN7O2. The Morgan fingerprint density at radius 1 is 1.65 bits per heavy atom. The van der Waals surface area contributed by atoms with Gasteiger partial charge in [0.2, 0.25) is 5.96 Å². The van der Waals surface area contributed by atoms with E-state index in [-0.39, 0.29) is 16.8 Å². The number of nitrogens with one attached hydrogen (secondary N) is 2. The van der Waals surface area contributed by atoms with Crippen molar-refractivity contribution >= 4 is 29.3 Å². The Morgan fingerprint density at radius 3 is 2.88 bits per heavy atom. The molecule has 0 saturated heterocycles. The van der Waals surface area contributed by atoms with E-state index in [2.05, 4.69) is 25.2 Å². The maximum absolute atomic E-state index is 11.4. The Kier molecular flexibility index (Phi) is 4.29. The van der Waals surface area contributed by atoms with Crippen LogP contribution < -0.4 is 22.4 Å². The zero-order chi connectivity index (χ0) is 12.8. The highest BCUT2D eigenvalue weighted by Gasteiger charge is 2.13. The molecule has 0 saturated carbocycles. The van der Waals surface area contributed by atoms with Crippen LogP contribution in [0.25, 0.3) is 0 Å². The number of halogens is 1. The SMILES string of the molecule is CNc1ncc(C(=O)ON/C(N)=N/N)nc1Cl. The Balaban J connectivity index is 2.73. The lowest BCUT2D eigenvalue weighted by Gasteiger charge is -2.05. The maximum atomic E-state index is 11.4. The normalized spacial score (nSPS) is 10.8. The van der Waals surface area contributed by atoms with Crippen molar-refractivity contribution in [2.24, 2.45) is 16.7 Å². The third-order valence-corrected chi connectivity index (χ3v) is 1.83. The number of hydrogen-bond donors (Lipinski definition) is 4. The van der Waals surface area contributed by atoms with E-state index in [1.54, 1.807) is 7.05 Å². The first-order chi connectivity index (χ1) is 8.08. The number of hydroxylamine groups is 1. The van der Waals surface area contributed by atoms with Crippen LogP contribution in [-0.4, -0.2) is 28.9 Å². The van der Waals surface area contributed by atoms with E-state index >= 15 is 0 Å². The number of hydrogen-bond acceptors (Lipinski definition) is 7. The summed E-state index contributed by atoms with van der Waals surface area (Å²) in [5, 5.41) is 5.77. The maximum Gasteiger partial charge on any atom is 0.382 e. The zero-order valence-electron chi connectivity index (χ0n) is 8.77. The van der Waals surface area contributed by atoms with Gasteiger partial charge in [-0.1, -0.05) is 11.6 Å². The molecule has 1 aromatic rings. The quantitative estimate of drug-likeness (QED) is 0.230. The molecule has 17 heavy (non-hydrogen) atoms. The van der Waals surface area contributed by atoms with Gasteiger partial charge in [0.15, 0.2) is 16.7 Å². The Labute approximate surface area is 101 Å². The number of aromatic nitrogens is 2. The van der Waals surface area contributed by atoms with Gasteiger partial charge in [-0.15, -0.1) is 5.10 Å². The van der Waals surface area contributed by atoms with Gasteiger partial charge in [-0.2, -0.15) is 5.48 Å². The van der Waals surface area contributed by atoms with Gasteiger partial charge in [0.1, 0.15) is 0 Å². The number of anilines is 1. The monoisotopic (exact) mass is 259 g/mol. The van der Waals surface area contributed by atoms with Gasteiger partial charge in [-0.05, 0) is 0 Å². The van der Waals surface area contributed by atoms with Crippen molar-refractivity contribution in [3.8, 4) is 0 Å². The third-order valence-electron chi connectivity index (χ3n) is 1.56. The molecule has 0 bridgehead atoms. The van der Waals surface area contributed by atoms with Gasteiger partial charge in [0, 0.05) is 7.05 Å². The lowest BCUT2D eigenvalue weighted by atomic mass is 10.4. The summed E-state index contributed by atoms with van der Waals surface area (Å²) in [6, 6.07) is 0. The van der Waals surface area contributed by atoms with Crippen molar-refractivity contribution in [2.75, 3.05) is 12.4 Å². The molecule has 0 unspecified atom stereocenters. The lowest BCUT2D eigenvalue weighted by molar-refractivity contribution is 0.0376. The molecule has 0 aliphatic rings. The molecule has 0 aliphatic heterocycles. The molecular weight excluding hydrogens is 250 g/mol. The molecule has 10 heteroatoms. The first kappa shape index (κ1) is 12.8. The van der Waals surface area contributed by atoms with Crippen molar-refractivity contribution < 1.29 is 9.63 Å². The molecule has 1 rings (SSSR count). The van der Waals surface area contributed by atoms with Crippen molar-refractivity contribution in [3.05, 3.63) is 17.0 Å². The fourth-order valence-electron chi connectivity index (χ4n) is 0.810. The zero-order valence-corrected chi connectivity index (χ0v) is 9.52. The van der Waals surface area contributed by atoms with Gasteiger partial charge in [0.25, 0.3) is 0 Å². The third kappa shape index (κ3) is 3.34. The summed E-state index contributed by atoms with van der Waals surface area (Å²) in [7, 11) is 1.62. The first-order valence-corrected chi connectivity index (χ1v) is 4.67. The number of guanidine groups is 1. The van der Waals surface area contributed by atoms with Crippen molar-refractivity contribution in [2.45, 2.75) is 0 Å². The molecule has 0 aromatic carbocycles. The predicted molar refractivity (Wildman–Crippen MR) is 60.9 cm³/mol. The average molecular weight is 260 g/mol. The minimum atomic E-state index is -0.825. The highest BCUT2D eigenvalue weighted by Crippen LogP contribution is 2.15. The molecule has 6 N–H and O–H groups in total. The first-order valence-electron chi connectivity index (χ1n) is 4.29. The minimum Gasteiger partial charge on any atom is -0.371 e. The molecule has 0 atom stereocenters. The fraction of sp³-hybridized carbons (Fsp3) is 0.143. The van der Waals surface area contributed by atoms with Crippen LogP contribution in [-0.2, 0) is 4.84 Å². The van der Waals surface area contributed by atoms with Crippen LogP contribution in [0.2, 0.25) is 5.15 Å². The van der Waals surface area contributed by atoms with Crippen molar-refractivity contribution in [3.63, 3.8) is 0 Å². The smallest absolute Gasteiger partial charge is 0.371 e. The standard InChI is InChI=1S/C7H10ClN7O2/c1-11-5-4(8)13-3(2-12-5)6(16)17-15-7(9)14-10/h2H,10H2,1H3,(H,11,12)(H3,9,14,15). The Morgan fingerprint density at radius 2 is 2.35 bits per heavy atom. The largest absolute Gasteiger partial charge is 0.382 e. The molecule has 0 fully saturated rings. The molecule has 1 heterocycles. The number of carbonyl (C=O) groups is 1. The number of hydrazone groups is 1. The van der Waals surface area contributed by atoms with Crippen LogP contribution in [0.4, 0.5) is 5.82 Å². The van der Waals surface area contributed by atoms with E-state index in [1.165, 1.54) is 6.20 Å². The van der Waals surface area contributed by atoms with Gasteiger partial charge in [0.05, 0.1) is 6.20 Å². The fourth-order valence-corrected chi connectivity index (χ4v) is 1.04. The van der Waals surface area contributed by atoms with Crippen molar-refractivity contribution in [1.82, 2.24) is 15.4 Å². The van der Waals surface area contributed by atoms with E-state index < -0.39 is 5.97 Å². The lowest BCUT2D eigenvalue weighted by Crippen LogP contribution is -2.34. The molecule has 1 aromatic heterocycles. The van der Waals surface area contributed by atoms with E-state index in [4.69, 9.17) is 23.2 Å². The summed E-state index contributed by atoms with van der Waals surface area (Å²) < 4.78 is 0. The summed E-state index contributed by atoms with van der Waals surface area (Å²) in [5.41, 5.74) is 7.05. The van der Waals surface area contributed by atoms with Crippen LogP contribution in [0.3, 0.4) is 0 Å².